The molecular weight excluding hydrogens is 523 g/mol. The third kappa shape index (κ3) is 7.15. The fourth-order valence-electron chi connectivity index (χ4n) is 3.82. The molecule has 0 saturated carbocycles. The van der Waals surface area contributed by atoms with Crippen molar-refractivity contribution in [2.45, 2.75) is 30.8 Å². The Hall–Kier alpha value is -3.28. The summed E-state index contributed by atoms with van der Waals surface area (Å²) in [5, 5.41) is 3.46. The van der Waals surface area contributed by atoms with Crippen molar-refractivity contribution < 1.29 is 27.1 Å². The van der Waals surface area contributed by atoms with Crippen LogP contribution in [0.1, 0.15) is 18.4 Å². The van der Waals surface area contributed by atoms with E-state index in [9.17, 15) is 17.6 Å². The van der Waals surface area contributed by atoms with Gasteiger partial charge >= 0.3 is 0 Å². The summed E-state index contributed by atoms with van der Waals surface area (Å²) in [5.74, 6) is -0.669. The maximum Gasteiger partial charge on any atom is 0.238 e. The number of rotatable bonds is 8. The molecule has 0 spiro atoms. The minimum Gasteiger partial charge on any atom is -0.474 e. The minimum atomic E-state index is -3.54. The number of carbonyl (C=O) groups is 1. The van der Waals surface area contributed by atoms with E-state index in [1.54, 1.807) is 31.2 Å². The van der Waals surface area contributed by atoms with Crippen LogP contribution in [0.15, 0.2) is 53.7 Å². The first kappa shape index (κ1) is 26.8. The van der Waals surface area contributed by atoms with Crippen LogP contribution in [0.2, 0.25) is 5.02 Å². The SMILES string of the molecule is Cc1c(Oc2ccc(S(C)(=O)=O)cc2F)ncnc1OC1CCN(CC(=O)Nc2ccc(Cl)cc2)CC1. The van der Waals surface area contributed by atoms with Crippen LogP contribution in [0, 0.1) is 12.7 Å². The Morgan fingerprint density at radius 1 is 1.14 bits per heavy atom. The number of piperidine rings is 1. The van der Waals surface area contributed by atoms with E-state index in [0.717, 1.165) is 12.3 Å². The summed E-state index contributed by atoms with van der Waals surface area (Å²) in [6.07, 6.45) is 3.52. The molecule has 1 N–H and O–H groups in total. The molecule has 37 heavy (non-hydrogen) atoms. The first-order chi connectivity index (χ1) is 17.6. The Morgan fingerprint density at radius 2 is 1.81 bits per heavy atom. The fourth-order valence-corrected chi connectivity index (χ4v) is 4.58. The van der Waals surface area contributed by atoms with Crippen LogP contribution in [-0.2, 0) is 14.6 Å². The molecule has 1 amide bonds. The van der Waals surface area contributed by atoms with Crippen LogP contribution in [0.3, 0.4) is 0 Å². The third-order valence-electron chi connectivity index (χ3n) is 5.84. The van der Waals surface area contributed by atoms with Crippen LogP contribution in [0.4, 0.5) is 10.1 Å². The Labute approximate surface area is 219 Å². The Kier molecular flexibility index (Phi) is 8.25. The average Bonchev–Trinajstić information content (AvgIpc) is 2.85. The standard InChI is InChI=1S/C25H26ClFN4O5S/c1-16-24(28-15-29-25(16)36-22-8-7-20(13-21(22)27)37(2,33)34)35-19-9-11-31(12-10-19)14-23(32)30-18-5-3-17(26)4-6-18/h3-8,13,15,19H,9-12,14H2,1-2H3,(H,30,32). The molecule has 3 aromatic rings. The van der Waals surface area contributed by atoms with Crippen molar-refractivity contribution in [3.8, 4) is 17.5 Å². The Morgan fingerprint density at radius 3 is 2.46 bits per heavy atom. The van der Waals surface area contributed by atoms with Gasteiger partial charge < -0.3 is 14.8 Å². The van der Waals surface area contributed by atoms with Gasteiger partial charge in [-0.3, -0.25) is 9.69 Å². The molecule has 1 aliphatic heterocycles. The number of sulfone groups is 1. The molecule has 196 valence electrons. The van der Waals surface area contributed by atoms with Crippen molar-refractivity contribution in [2.75, 3.05) is 31.2 Å². The molecule has 0 radical (unpaired) electrons. The zero-order valence-corrected chi connectivity index (χ0v) is 21.9. The summed E-state index contributed by atoms with van der Waals surface area (Å²) < 4.78 is 49.4. The second-order valence-corrected chi connectivity index (χ2v) is 11.2. The van der Waals surface area contributed by atoms with Crippen molar-refractivity contribution in [3.63, 3.8) is 0 Å². The van der Waals surface area contributed by atoms with Crippen molar-refractivity contribution in [2.24, 2.45) is 0 Å². The summed E-state index contributed by atoms with van der Waals surface area (Å²) in [6, 6.07) is 10.4. The number of nitrogens with zero attached hydrogens (tertiary/aromatic N) is 3. The first-order valence-electron chi connectivity index (χ1n) is 11.5. The number of anilines is 1. The van der Waals surface area contributed by atoms with Gasteiger partial charge in [-0.15, -0.1) is 0 Å². The number of hydrogen-bond donors (Lipinski definition) is 1. The van der Waals surface area contributed by atoms with E-state index in [4.69, 9.17) is 21.1 Å². The predicted octanol–water partition coefficient (Wildman–Crippen LogP) is 4.26. The molecular formula is C25H26ClFN4O5S. The minimum absolute atomic E-state index is 0.104. The van der Waals surface area contributed by atoms with Gasteiger partial charge in [0.2, 0.25) is 17.7 Å². The van der Waals surface area contributed by atoms with E-state index in [-0.39, 0.29) is 35.1 Å². The van der Waals surface area contributed by atoms with Crippen molar-refractivity contribution in [1.29, 1.82) is 0 Å². The molecule has 2 heterocycles. The third-order valence-corrected chi connectivity index (χ3v) is 7.20. The lowest BCUT2D eigenvalue weighted by atomic mass is 10.1. The predicted molar refractivity (Wildman–Crippen MR) is 137 cm³/mol. The lowest BCUT2D eigenvalue weighted by molar-refractivity contribution is -0.117. The maximum atomic E-state index is 14.4. The number of aromatic nitrogens is 2. The molecule has 1 aromatic heterocycles. The molecule has 0 aliphatic carbocycles. The lowest BCUT2D eigenvalue weighted by Gasteiger charge is -2.31. The number of benzene rings is 2. The number of halogens is 2. The maximum absolute atomic E-state index is 14.4. The Bertz CT molecular complexity index is 1380. The van der Waals surface area contributed by atoms with Gasteiger partial charge in [0.15, 0.2) is 21.4 Å². The second-order valence-electron chi connectivity index (χ2n) is 8.72. The number of nitrogens with one attached hydrogen (secondary N) is 1. The summed E-state index contributed by atoms with van der Waals surface area (Å²) in [7, 11) is -3.54. The molecule has 0 bridgehead atoms. The molecule has 4 rings (SSSR count). The van der Waals surface area contributed by atoms with Gasteiger partial charge in [0.05, 0.1) is 17.0 Å². The fraction of sp³-hybridized carbons (Fsp3) is 0.320. The Balaban J connectivity index is 1.32. The van der Waals surface area contributed by atoms with Crippen LogP contribution in [-0.4, -0.2) is 61.2 Å². The normalized spacial score (nSPS) is 14.8. The van der Waals surface area contributed by atoms with Crippen molar-refractivity contribution in [1.82, 2.24) is 14.9 Å². The largest absolute Gasteiger partial charge is 0.474 e. The number of ether oxygens (including phenoxy) is 2. The quantitative estimate of drug-likeness (QED) is 0.445. The molecule has 1 aliphatic rings. The topological polar surface area (TPSA) is 111 Å². The second kappa shape index (κ2) is 11.4. The van der Waals surface area contributed by atoms with Gasteiger partial charge in [-0.2, -0.15) is 0 Å². The summed E-state index contributed by atoms with van der Waals surface area (Å²) in [5.41, 5.74) is 1.18. The summed E-state index contributed by atoms with van der Waals surface area (Å²) in [4.78, 5) is 22.5. The van der Waals surface area contributed by atoms with E-state index in [0.29, 0.717) is 48.1 Å². The highest BCUT2D eigenvalue weighted by atomic mass is 35.5. The van der Waals surface area contributed by atoms with E-state index in [2.05, 4.69) is 20.2 Å². The van der Waals surface area contributed by atoms with Gasteiger partial charge in [-0.05, 0) is 62.2 Å². The van der Waals surface area contributed by atoms with Crippen molar-refractivity contribution >= 4 is 33.0 Å². The van der Waals surface area contributed by atoms with Crippen LogP contribution < -0.4 is 14.8 Å². The van der Waals surface area contributed by atoms with Gasteiger partial charge in [0, 0.05) is 30.1 Å². The summed E-state index contributed by atoms with van der Waals surface area (Å²) >= 11 is 5.87. The van der Waals surface area contributed by atoms with Crippen LogP contribution in [0.5, 0.6) is 17.5 Å². The van der Waals surface area contributed by atoms with Gasteiger partial charge in [-0.25, -0.2) is 22.8 Å². The molecule has 1 saturated heterocycles. The average molecular weight is 549 g/mol. The lowest BCUT2D eigenvalue weighted by Crippen LogP contribution is -2.42. The highest BCUT2D eigenvalue weighted by Crippen LogP contribution is 2.31. The number of carbonyl (C=O) groups excluding carboxylic acids is 1. The van der Waals surface area contributed by atoms with E-state index in [1.165, 1.54) is 18.5 Å². The highest BCUT2D eigenvalue weighted by Gasteiger charge is 2.24. The summed E-state index contributed by atoms with van der Waals surface area (Å²) in [6.45, 7) is 3.31. The van der Waals surface area contributed by atoms with E-state index < -0.39 is 15.7 Å². The van der Waals surface area contributed by atoms with Crippen LogP contribution >= 0.6 is 11.6 Å². The number of amides is 1. The molecule has 0 atom stereocenters. The van der Waals surface area contributed by atoms with E-state index in [1.807, 2.05) is 0 Å². The molecule has 12 heteroatoms. The van der Waals surface area contributed by atoms with Crippen LogP contribution in [0.25, 0.3) is 0 Å². The number of likely N-dealkylation sites (tertiary alicyclic amines) is 1. The molecule has 0 unspecified atom stereocenters. The van der Waals surface area contributed by atoms with Gasteiger partial charge in [-0.1, -0.05) is 11.6 Å². The first-order valence-corrected chi connectivity index (χ1v) is 13.8. The number of hydrogen-bond acceptors (Lipinski definition) is 8. The molecule has 9 nitrogen and oxygen atoms in total. The highest BCUT2D eigenvalue weighted by molar-refractivity contribution is 7.90. The zero-order valence-electron chi connectivity index (χ0n) is 20.3. The zero-order chi connectivity index (χ0) is 26.6. The van der Waals surface area contributed by atoms with Gasteiger partial charge in [0.25, 0.3) is 0 Å². The van der Waals surface area contributed by atoms with Gasteiger partial charge in [0.1, 0.15) is 12.4 Å². The van der Waals surface area contributed by atoms with Crippen molar-refractivity contribution in [3.05, 3.63) is 65.2 Å². The monoisotopic (exact) mass is 548 g/mol. The molecule has 1 fully saturated rings. The van der Waals surface area contributed by atoms with E-state index >= 15 is 0 Å². The smallest absolute Gasteiger partial charge is 0.238 e. The molecule has 2 aromatic carbocycles.